The minimum Gasteiger partial charge on any atom is -0.206 e. The SMILES string of the molecule is Fc1ccc2c3ccc4c5cccc6cccc(c7ccc(c8cccc1c82)c3c74)c65. The molecule has 0 aromatic heterocycles. The molecule has 0 nitrogen and oxygen atoms in total. The van der Waals surface area contributed by atoms with Crippen molar-refractivity contribution in [3.63, 3.8) is 0 Å². The van der Waals surface area contributed by atoms with E-state index in [1.54, 1.807) is 6.07 Å². The lowest BCUT2D eigenvalue weighted by molar-refractivity contribution is 0.640. The molecule has 0 aliphatic carbocycles. The average molecular weight is 394 g/mol. The molecule has 0 N–H and O–H groups in total. The van der Waals surface area contributed by atoms with Crippen LogP contribution in [0.5, 0.6) is 0 Å². The van der Waals surface area contributed by atoms with Crippen LogP contribution in [-0.4, -0.2) is 0 Å². The van der Waals surface area contributed by atoms with Crippen molar-refractivity contribution in [1.29, 1.82) is 0 Å². The first-order chi connectivity index (χ1) is 15.3. The number of hydrogen-bond donors (Lipinski definition) is 0. The van der Waals surface area contributed by atoms with Crippen LogP contribution >= 0.6 is 0 Å². The van der Waals surface area contributed by atoms with E-state index < -0.39 is 0 Å². The van der Waals surface area contributed by atoms with Crippen molar-refractivity contribution in [3.8, 4) is 0 Å². The number of hydrogen-bond acceptors (Lipinski definition) is 0. The lowest BCUT2D eigenvalue weighted by Crippen LogP contribution is -1.91. The molecule has 0 radical (unpaired) electrons. The molecule has 0 unspecified atom stereocenters. The maximum absolute atomic E-state index is 14.7. The van der Waals surface area contributed by atoms with Crippen LogP contribution in [0, 0.1) is 5.82 Å². The normalized spacial score (nSPS) is 12.7. The van der Waals surface area contributed by atoms with Crippen LogP contribution in [0.15, 0.2) is 91.0 Å². The van der Waals surface area contributed by atoms with E-state index in [1.807, 2.05) is 18.2 Å². The molecule has 0 saturated heterocycles. The van der Waals surface area contributed by atoms with Crippen molar-refractivity contribution in [2.24, 2.45) is 0 Å². The van der Waals surface area contributed by atoms with Crippen molar-refractivity contribution in [2.75, 3.05) is 0 Å². The molecule has 142 valence electrons. The summed E-state index contributed by atoms with van der Waals surface area (Å²) in [5, 5.41) is 16.8. The summed E-state index contributed by atoms with van der Waals surface area (Å²) in [5.41, 5.74) is 0. The van der Waals surface area contributed by atoms with E-state index in [9.17, 15) is 4.39 Å². The Bertz CT molecular complexity index is 1900. The van der Waals surface area contributed by atoms with Gasteiger partial charge in [-0.25, -0.2) is 4.39 Å². The zero-order valence-corrected chi connectivity index (χ0v) is 16.5. The van der Waals surface area contributed by atoms with Crippen LogP contribution in [0.25, 0.3) is 75.4 Å². The summed E-state index contributed by atoms with van der Waals surface area (Å²) in [6, 6.07) is 31.7. The number of halogens is 1. The van der Waals surface area contributed by atoms with Gasteiger partial charge < -0.3 is 0 Å². The topological polar surface area (TPSA) is 0 Å². The monoisotopic (exact) mass is 394 g/mol. The summed E-state index contributed by atoms with van der Waals surface area (Å²) in [4.78, 5) is 0. The van der Waals surface area contributed by atoms with E-state index in [-0.39, 0.29) is 5.82 Å². The maximum Gasteiger partial charge on any atom is 0.131 e. The minimum absolute atomic E-state index is 0.157. The van der Waals surface area contributed by atoms with Gasteiger partial charge in [0.05, 0.1) is 0 Å². The minimum atomic E-state index is -0.157. The quantitative estimate of drug-likeness (QED) is 0.178. The van der Waals surface area contributed by atoms with Gasteiger partial charge in [-0.3, -0.25) is 0 Å². The number of benzene rings is 8. The molecule has 0 fully saturated rings. The van der Waals surface area contributed by atoms with Crippen LogP contribution in [-0.2, 0) is 0 Å². The predicted octanol–water partition coefficient (Wildman–Crippen LogP) is 8.77. The molecule has 0 amide bonds. The highest BCUT2D eigenvalue weighted by atomic mass is 19.1. The van der Waals surface area contributed by atoms with Gasteiger partial charge in [0.1, 0.15) is 5.82 Å². The summed E-state index contributed by atoms with van der Waals surface area (Å²) in [6.45, 7) is 0. The highest BCUT2D eigenvalue weighted by Gasteiger charge is 2.19. The van der Waals surface area contributed by atoms with Gasteiger partial charge in [-0.1, -0.05) is 84.9 Å². The second-order valence-corrected chi connectivity index (χ2v) is 8.60. The third-order valence-electron chi connectivity index (χ3n) is 7.21. The van der Waals surface area contributed by atoms with Gasteiger partial charge in [-0.2, -0.15) is 0 Å². The lowest BCUT2D eigenvalue weighted by atomic mass is 9.84. The third-order valence-corrected chi connectivity index (χ3v) is 7.21. The fourth-order valence-corrected chi connectivity index (χ4v) is 6.00. The fraction of sp³-hybridized carbons (Fsp3) is 0. The van der Waals surface area contributed by atoms with Crippen molar-refractivity contribution < 1.29 is 4.39 Å². The van der Waals surface area contributed by atoms with Gasteiger partial charge >= 0.3 is 0 Å². The van der Waals surface area contributed by atoms with Crippen LogP contribution in [0.3, 0.4) is 0 Å². The summed E-state index contributed by atoms with van der Waals surface area (Å²) < 4.78 is 14.7. The van der Waals surface area contributed by atoms with Crippen molar-refractivity contribution in [3.05, 3.63) is 96.8 Å². The second kappa shape index (κ2) is 5.19. The molecule has 0 bridgehead atoms. The van der Waals surface area contributed by atoms with Gasteiger partial charge in [0, 0.05) is 10.8 Å². The Balaban J connectivity index is 1.79. The first-order valence-electron chi connectivity index (χ1n) is 10.7. The average Bonchev–Trinajstić information content (AvgIpc) is 2.82. The first kappa shape index (κ1) is 15.8. The van der Waals surface area contributed by atoms with Gasteiger partial charge in [0.25, 0.3) is 0 Å². The van der Waals surface area contributed by atoms with Gasteiger partial charge in [0.15, 0.2) is 0 Å². The largest absolute Gasteiger partial charge is 0.206 e. The van der Waals surface area contributed by atoms with E-state index in [1.165, 1.54) is 53.9 Å². The summed E-state index contributed by atoms with van der Waals surface area (Å²) in [6.07, 6.45) is 0. The zero-order chi connectivity index (χ0) is 20.3. The number of fused-ring (bicyclic) bond motifs is 4. The summed E-state index contributed by atoms with van der Waals surface area (Å²) in [5.74, 6) is -0.157. The Hall–Kier alpha value is -3.97. The molecule has 8 aromatic carbocycles. The van der Waals surface area contributed by atoms with Crippen LogP contribution in [0.1, 0.15) is 0 Å². The molecule has 1 heteroatoms. The second-order valence-electron chi connectivity index (χ2n) is 8.60. The zero-order valence-electron chi connectivity index (χ0n) is 16.5. The lowest BCUT2D eigenvalue weighted by Gasteiger charge is -2.19. The van der Waals surface area contributed by atoms with Gasteiger partial charge in [-0.05, 0) is 70.7 Å². The third kappa shape index (κ3) is 1.74. The van der Waals surface area contributed by atoms with E-state index in [0.717, 1.165) is 16.2 Å². The predicted molar refractivity (Wildman–Crippen MR) is 131 cm³/mol. The molecule has 0 aliphatic rings. The molecular weight excluding hydrogens is 379 g/mol. The molecular formula is C30H15F. The standard InChI is InChI=1S/C30H15F/c31-26-15-14-20-24-13-11-22-18-7-2-5-16-4-1-6-17(27(16)18)21-10-12-23(30(24)29(21)22)19-8-3-9-25(26)28(19)20/h1-15H. The first-order valence-corrected chi connectivity index (χ1v) is 10.7. The molecule has 0 spiro atoms. The molecule has 31 heavy (non-hydrogen) atoms. The Kier molecular flexibility index (Phi) is 2.65. The van der Waals surface area contributed by atoms with Crippen molar-refractivity contribution in [2.45, 2.75) is 0 Å². The van der Waals surface area contributed by atoms with E-state index in [4.69, 9.17) is 0 Å². The Morgan fingerprint density at radius 2 is 0.710 bits per heavy atom. The molecule has 0 aliphatic heterocycles. The van der Waals surface area contributed by atoms with E-state index in [2.05, 4.69) is 66.7 Å². The Morgan fingerprint density at radius 3 is 1.29 bits per heavy atom. The van der Waals surface area contributed by atoms with Crippen LogP contribution < -0.4 is 0 Å². The van der Waals surface area contributed by atoms with Gasteiger partial charge in [-0.15, -0.1) is 0 Å². The maximum atomic E-state index is 14.7. The summed E-state index contributed by atoms with van der Waals surface area (Å²) in [7, 11) is 0. The van der Waals surface area contributed by atoms with Gasteiger partial charge in [0.2, 0.25) is 0 Å². The molecule has 8 rings (SSSR count). The van der Waals surface area contributed by atoms with Crippen LogP contribution in [0.2, 0.25) is 0 Å². The molecule has 0 heterocycles. The molecule has 0 saturated carbocycles. The number of rotatable bonds is 0. The Morgan fingerprint density at radius 1 is 0.323 bits per heavy atom. The molecule has 0 atom stereocenters. The summed E-state index contributed by atoms with van der Waals surface area (Å²) >= 11 is 0. The Labute approximate surface area is 176 Å². The fourth-order valence-electron chi connectivity index (χ4n) is 6.00. The highest BCUT2D eigenvalue weighted by molar-refractivity contribution is 6.42. The van der Waals surface area contributed by atoms with Crippen molar-refractivity contribution in [1.82, 2.24) is 0 Å². The molecule has 8 aromatic rings. The van der Waals surface area contributed by atoms with Crippen LogP contribution in [0.4, 0.5) is 4.39 Å². The van der Waals surface area contributed by atoms with E-state index >= 15 is 0 Å². The van der Waals surface area contributed by atoms with Crippen molar-refractivity contribution >= 4 is 75.4 Å². The van der Waals surface area contributed by atoms with E-state index in [0.29, 0.717) is 5.39 Å². The highest BCUT2D eigenvalue weighted by Crippen LogP contribution is 2.47. The smallest absolute Gasteiger partial charge is 0.131 e.